The molecule has 6 nitrogen and oxygen atoms in total. The number of pyridine rings is 1. The lowest BCUT2D eigenvalue weighted by molar-refractivity contribution is 0.0987. The summed E-state index contributed by atoms with van der Waals surface area (Å²) in [7, 11) is 3.22. The van der Waals surface area contributed by atoms with Crippen molar-refractivity contribution in [2.45, 2.75) is 6.42 Å². The van der Waals surface area contributed by atoms with Gasteiger partial charge in [0, 0.05) is 29.9 Å². The highest BCUT2D eigenvalue weighted by atomic mass is 32.1. The molecule has 0 fully saturated rings. The first-order valence-electron chi connectivity index (χ1n) is 10.1. The Morgan fingerprint density at radius 1 is 1.00 bits per heavy atom. The maximum atomic E-state index is 13.3. The van der Waals surface area contributed by atoms with Crippen LogP contribution in [0.5, 0.6) is 11.5 Å². The smallest absolute Gasteiger partial charge is 0.261 e. The minimum absolute atomic E-state index is 0.132. The van der Waals surface area contributed by atoms with Gasteiger partial charge in [0.2, 0.25) is 0 Å². The lowest BCUT2D eigenvalue weighted by Gasteiger charge is -2.20. The molecular weight excluding hydrogens is 422 g/mol. The summed E-state index contributed by atoms with van der Waals surface area (Å²) in [6, 6.07) is 19.3. The Balaban J connectivity index is 1.62. The van der Waals surface area contributed by atoms with Crippen molar-refractivity contribution < 1.29 is 14.3 Å². The van der Waals surface area contributed by atoms with Crippen molar-refractivity contribution in [3.63, 3.8) is 0 Å². The van der Waals surface area contributed by atoms with Crippen molar-refractivity contribution in [3.8, 4) is 22.8 Å². The lowest BCUT2D eigenvalue weighted by Crippen LogP contribution is -2.33. The Hall–Kier alpha value is -3.71. The third-order valence-electron chi connectivity index (χ3n) is 5.02. The van der Waals surface area contributed by atoms with Crippen LogP contribution in [0.2, 0.25) is 0 Å². The SMILES string of the molecule is COc1ccc(CCN(C(=O)c2cccnc2)c2nc(-c3ccccc3)cs2)cc1OC. The fraction of sp³-hybridized carbons (Fsp3) is 0.160. The Kier molecular flexibility index (Phi) is 6.77. The van der Waals surface area contributed by atoms with Crippen molar-refractivity contribution in [2.75, 3.05) is 25.7 Å². The molecule has 32 heavy (non-hydrogen) atoms. The van der Waals surface area contributed by atoms with Crippen LogP contribution < -0.4 is 14.4 Å². The molecule has 1 amide bonds. The van der Waals surface area contributed by atoms with E-state index in [-0.39, 0.29) is 5.91 Å². The van der Waals surface area contributed by atoms with Crippen molar-refractivity contribution in [1.82, 2.24) is 9.97 Å². The fourth-order valence-corrected chi connectivity index (χ4v) is 4.19. The van der Waals surface area contributed by atoms with E-state index in [0.29, 0.717) is 35.2 Å². The molecule has 2 aromatic carbocycles. The van der Waals surface area contributed by atoms with Crippen LogP contribution in [0.15, 0.2) is 78.4 Å². The van der Waals surface area contributed by atoms with Crippen LogP contribution in [0.1, 0.15) is 15.9 Å². The summed E-state index contributed by atoms with van der Waals surface area (Å²) in [5.74, 6) is 1.20. The molecule has 7 heteroatoms. The molecule has 4 rings (SSSR count). The van der Waals surface area contributed by atoms with Gasteiger partial charge in [-0.25, -0.2) is 4.98 Å². The molecule has 4 aromatic rings. The molecular formula is C25H23N3O3S. The molecule has 0 unspecified atom stereocenters. The molecule has 0 spiro atoms. The second-order valence-corrected chi connectivity index (χ2v) is 7.86. The van der Waals surface area contributed by atoms with Gasteiger partial charge in [0.1, 0.15) is 0 Å². The van der Waals surface area contributed by atoms with Gasteiger partial charge in [0.15, 0.2) is 16.6 Å². The second-order valence-electron chi connectivity index (χ2n) is 7.02. The number of carbonyl (C=O) groups excluding carboxylic acids is 1. The lowest BCUT2D eigenvalue weighted by atomic mass is 10.1. The Morgan fingerprint density at radius 3 is 2.53 bits per heavy atom. The van der Waals surface area contributed by atoms with Gasteiger partial charge in [-0.2, -0.15) is 0 Å². The van der Waals surface area contributed by atoms with Gasteiger partial charge in [-0.05, 0) is 36.2 Å². The van der Waals surface area contributed by atoms with Crippen LogP contribution in [-0.4, -0.2) is 36.6 Å². The molecule has 0 aliphatic carbocycles. The van der Waals surface area contributed by atoms with Gasteiger partial charge >= 0.3 is 0 Å². The Labute approximate surface area is 191 Å². The zero-order valence-electron chi connectivity index (χ0n) is 17.9. The van der Waals surface area contributed by atoms with Gasteiger partial charge in [0.05, 0.1) is 25.5 Å². The minimum atomic E-state index is -0.132. The highest BCUT2D eigenvalue weighted by molar-refractivity contribution is 7.14. The number of hydrogen-bond acceptors (Lipinski definition) is 6. The van der Waals surface area contributed by atoms with Crippen LogP contribution in [0.4, 0.5) is 5.13 Å². The summed E-state index contributed by atoms with van der Waals surface area (Å²) < 4.78 is 10.7. The number of methoxy groups -OCH3 is 2. The summed E-state index contributed by atoms with van der Waals surface area (Å²) in [5, 5.41) is 2.63. The molecule has 2 aromatic heterocycles. The first kappa shape index (κ1) is 21.5. The molecule has 2 heterocycles. The quantitative estimate of drug-likeness (QED) is 0.377. The molecule has 0 aliphatic rings. The minimum Gasteiger partial charge on any atom is -0.493 e. The number of rotatable bonds is 8. The number of carbonyl (C=O) groups is 1. The molecule has 0 atom stereocenters. The van der Waals surface area contributed by atoms with E-state index in [0.717, 1.165) is 16.8 Å². The average Bonchev–Trinajstić information content (AvgIpc) is 3.35. The number of thiazole rings is 1. The number of hydrogen-bond donors (Lipinski definition) is 0. The Bertz CT molecular complexity index is 1180. The number of amides is 1. The summed E-state index contributed by atoms with van der Waals surface area (Å²) >= 11 is 1.45. The summed E-state index contributed by atoms with van der Waals surface area (Å²) in [6.07, 6.45) is 3.87. The van der Waals surface area contributed by atoms with Crippen molar-refractivity contribution in [3.05, 3.63) is 89.6 Å². The summed E-state index contributed by atoms with van der Waals surface area (Å²) in [4.78, 5) is 23.9. The van der Waals surface area contributed by atoms with Crippen molar-refractivity contribution in [1.29, 1.82) is 0 Å². The zero-order valence-corrected chi connectivity index (χ0v) is 18.7. The molecule has 0 bridgehead atoms. The number of nitrogens with zero attached hydrogens (tertiary/aromatic N) is 3. The molecule has 162 valence electrons. The zero-order chi connectivity index (χ0) is 22.3. The standard InChI is InChI=1S/C25H23N3O3S/c1-30-22-11-10-18(15-23(22)31-2)12-14-28(24(29)20-9-6-13-26-16-20)25-27-21(17-32-25)19-7-4-3-5-8-19/h3-11,13,15-17H,12,14H2,1-2H3. The highest BCUT2D eigenvalue weighted by Gasteiger charge is 2.21. The van der Waals surface area contributed by atoms with Gasteiger partial charge in [-0.1, -0.05) is 36.4 Å². The van der Waals surface area contributed by atoms with Gasteiger partial charge in [0.25, 0.3) is 5.91 Å². The summed E-state index contributed by atoms with van der Waals surface area (Å²) in [5.41, 5.74) is 3.42. The van der Waals surface area contributed by atoms with Crippen LogP contribution in [0, 0.1) is 0 Å². The predicted octanol–water partition coefficient (Wildman–Crippen LogP) is 5.11. The number of anilines is 1. The number of benzene rings is 2. The van der Waals surface area contributed by atoms with E-state index in [1.165, 1.54) is 11.3 Å². The molecule has 0 N–H and O–H groups in total. The van der Waals surface area contributed by atoms with Crippen LogP contribution in [0.3, 0.4) is 0 Å². The van der Waals surface area contributed by atoms with E-state index in [2.05, 4.69) is 4.98 Å². The summed E-state index contributed by atoms with van der Waals surface area (Å²) in [6.45, 7) is 0.463. The van der Waals surface area contributed by atoms with Gasteiger partial charge in [-0.15, -0.1) is 11.3 Å². The van der Waals surface area contributed by atoms with E-state index in [1.807, 2.05) is 53.9 Å². The number of ether oxygens (including phenoxy) is 2. The van der Waals surface area contributed by atoms with E-state index in [9.17, 15) is 4.79 Å². The van der Waals surface area contributed by atoms with Crippen LogP contribution in [-0.2, 0) is 6.42 Å². The maximum absolute atomic E-state index is 13.3. The van der Waals surface area contributed by atoms with Gasteiger partial charge in [-0.3, -0.25) is 14.7 Å². The fourth-order valence-electron chi connectivity index (χ4n) is 3.34. The number of aromatic nitrogens is 2. The molecule has 0 saturated heterocycles. The van der Waals surface area contributed by atoms with Crippen molar-refractivity contribution in [2.24, 2.45) is 0 Å². The largest absolute Gasteiger partial charge is 0.493 e. The predicted molar refractivity (Wildman–Crippen MR) is 127 cm³/mol. The molecule has 0 radical (unpaired) electrons. The second kappa shape index (κ2) is 10.1. The van der Waals surface area contributed by atoms with E-state index in [1.54, 1.807) is 43.6 Å². The normalized spacial score (nSPS) is 10.6. The van der Waals surface area contributed by atoms with Gasteiger partial charge < -0.3 is 9.47 Å². The molecule has 0 aliphatic heterocycles. The third-order valence-corrected chi connectivity index (χ3v) is 5.88. The van der Waals surface area contributed by atoms with E-state index in [4.69, 9.17) is 14.5 Å². The first-order valence-corrected chi connectivity index (χ1v) is 11.0. The third kappa shape index (κ3) is 4.78. The van der Waals surface area contributed by atoms with Crippen LogP contribution in [0.25, 0.3) is 11.3 Å². The Morgan fingerprint density at radius 2 is 1.81 bits per heavy atom. The highest BCUT2D eigenvalue weighted by Crippen LogP contribution is 2.30. The first-order chi connectivity index (χ1) is 15.7. The molecule has 0 saturated carbocycles. The average molecular weight is 446 g/mol. The monoisotopic (exact) mass is 445 g/mol. The van der Waals surface area contributed by atoms with E-state index >= 15 is 0 Å². The maximum Gasteiger partial charge on any atom is 0.261 e. The topological polar surface area (TPSA) is 64.5 Å². The van der Waals surface area contributed by atoms with Crippen molar-refractivity contribution >= 4 is 22.4 Å². The van der Waals surface area contributed by atoms with Crippen LogP contribution >= 0.6 is 11.3 Å². The van der Waals surface area contributed by atoms with E-state index < -0.39 is 0 Å².